The summed E-state index contributed by atoms with van der Waals surface area (Å²) in [4.78, 5) is 22.2. The summed E-state index contributed by atoms with van der Waals surface area (Å²) in [6.45, 7) is 0.973. The van der Waals surface area contributed by atoms with Gasteiger partial charge in [0, 0.05) is 0 Å². The van der Waals surface area contributed by atoms with Crippen LogP contribution in [-0.4, -0.2) is 31.8 Å². The summed E-state index contributed by atoms with van der Waals surface area (Å²) >= 11 is 5.67. The molecule has 0 saturated carbocycles. The number of para-hydroxylation sites is 1. The van der Waals surface area contributed by atoms with Gasteiger partial charge in [-0.2, -0.15) is 0 Å². The van der Waals surface area contributed by atoms with Gasteiger partial charge in [0.15, 0.2) is 11.6 Å². The number of halogens is 2. The largest absolute Gasteiger partial charge is 0.464 e. The minimum Gasteiger partial charge on any atom is -0.464 e. The zero-order valence-electron chi connectivity index (χ0n) is 10.2. The maximum atomic E-state index is 13.3. The standard InChI is InChI=1S/C12H12ClFO5/c1-2-18-10(15)6-17-7-11(16)19-12-8(13)4-3-5-9(12)14/h3-5H,2,6-7H2,1H3. The second-order valence-corrected chi connectivity index (χ2v) is 3.73. The van der Waals surface area contributed by atoms with E-state index < -0.39 is 24.4 Å². The lowest BCUT2D eigenvalue weighted by molar-refractivity contribution is -0.151. The van der Waals surface area contributed by atoms with E-state index in [1.807, 2.05) is 0 Å². The minimum absolute atomic E-state index is 0.0289. The zero-order chi connectivity index (χ0) is 14.3. The van der Waals surface area contributed by atoms with E-state index in [0.29, 0.717) is 0 Å². The molecule has 7 heteroatoms. The van der Waals surface area contributed by atoms with Crippen LogP contribution in [0.3, 0.4) is 0 Å². The van der Waals surface area contributed by atoms with Gasteiger partial charge in [-0.05, 0) is 19.1 Å². The highest BCUT2D eigenvalue weighted by Crippen LogP contribution is 2.27. The first-order valence-corrected chi connectivity index (χ1v) is 5.80. The van der Waals surface area contributed by atoms with E-state index in [-0.39, 0.29) is 24.0 Å². The molecule has 1 rings (SSSR count). The lowest BCUT2D eigenvalue weighted by atomic mass is 10.3. The first-order valence-electron chi connectivity index (χ1n) is 5.42. The van der Waals surface area contributed by atoms with Crippen LogP contribution in [0.5, 0.6) is 5.75 Å². The number of rotatable bonds is 6. The van der Waals surface area contributed by atoms with E-state index in [0.717, 1.165) is 6.07 Å². The lowest BCUT2D eigenvalue weighted by Crippen LogP contribution is -2.20. The highest BCUT2D eigenvalue weighted by atomic mass is 35.5. The molecule has 5 nitrogen and oxygen atoms in total. The van der Waals surface area contributed by atoms with Gasteiger partial charge in [-0.15, -0.1) is 0 Å². The molecule has 0 fully saturated rings. The molecule has 0 N–H and O–H groups in total. The molecule has 1 aromatic rings. The van der Waals surface area contributed by atoms with Crippen LogP contribution in [0.15, 0.2) is 18.2 Å². The van der Waals surface area contributed by atoms with Crippen molar-refractivity contribution >= 4 is 23.5 Å². The molecule has 0 bridgehead atoms. The summed E-state index contributed by atoms with van der Waals surface area (Å²) in [6, 6.07) is 3.87. The number of carbonyl (C=O) groups excluding carboxylic acids is 2. The fourth-order valence-electron chi connectivity index (χ4n) is 1.14. The molecular weight excluding hydrogens is 279 g/mol. The molecule has 0 unspecified atom stereocenters. The van der Waals surface area contributed by atoms with Crippen LogP contribution >= 0.6 is 11.6 Å². The SMILES string of the molecule is CCOC(=O)COCC(=O)Oc1c(F)cccc1Cl. The maximum absolute atomic E-state index is 13.3. The van der Waals surface area contributed by atoms with Crippen LogP contribution in [0.1, 0.15) is 6.92 Å². The molecule has 0 aliphatic heterocycles. The average Bonchev–Trinajstić information content (AvgIpc) is 2.34. The third-order valence-electron chi connectivity index (χ3n) is 1.88. The summed E-state index contributed by atoms with van der Waals surface area (Å²) < 4.78 is 27.3. The average molecular weight is 291 g/mol. The Morgan fingerprint density at radius 1 is 1.26 bits per heavy atom. The van der Waals surface area contributed by atoms with Gasteiger partial charge >= 0.3 is 11.9 Å². The fourth-order valence-corrected chi connectivity index (χ4v) is 1.35. The minimum atomic E-state index is -0.865. The Morgan fingerprint density at radius 3 is 2.58 bits per heavy atom. The summed E-state index contributed by atoms with van der Waals surface area (Å²) in [5.41, 5.74) is 0. The zero-order valence-corrected chi connectivity index (χ0v) is 10.9. The molecule has 0 radical (unpaired) electrons. The third-order valence-corrected chi connectivity index (χ3v) is 2.18. The van der Waals surface area contributed by atoms with Gasteiger partial charge in [-0.25, -0.2) is 14.0 Å². The van der Waals surface area contributed by atoms with Crippen molar-refractivity contribution in [3.05, 3.63) is 29.0 Å². The van der Waals surface area contributed by atoms with Crippen molar-refractivity contribution in [3.63, 3.8) is 0 Å². The molecule has 0 spiro atoms. The molecular formula is C12H12ClFO5. The highest BCUT2D eigenvalue weighted by molar-refractivity contribution is 6.32. The Bertz CT molecular complexity index is 443. The Labute approximate surface area is 114 Å². The number of benzene rings is 1. The second-order valence-electron chi connectivity index (χ2n) is 3.32. The Hall–Kier alpha value is -1.66. The number of ether oxygens (including phenoxy) is 3. The predicted octanol–water partition coefficient (Wildman–Crippen LogP) is 1.96. The van der Waals surface area contributed by atoms with E-state index in [2.05, 4.69) is 4.74 Å². The van der Waals surface area contributed by atoms with Crippen molar-refractivity contribution in [2.45, 2.75) is 6.92 Å². The lowest BCUT2D eigenvalue weighted by Gasteiger charge is -2.07. The van der Waals surface area contributed by atoms with E-state index in [9.17, 15) is 14.0 Å². The number of hydrogen-bond donors (Lipinski definition) is 0. The van der Waals surface area contributed by atoms with Gasteiger partial charge in [0.1, 0.15) is 13.2 Å². The Kier molecular flexibility index (Phi) is 6.24. The molecule has 104 valence electrons. The normalized spacial score (nSPS) is 10.1. The number of esters is 2. The summed E-state index contributed by atoms with van der Waals surface area (Å²) in [5, 5.41) is -0.0289. The topological polar surface area (TPSA) is 61.8 Å². The van der Waals surface area contributed by atoms with Crippen LogP contribution < -0.4 is 4.74 Å². The van der Waals surface area contributed by atoms with Crippen molar-refractivity contribution in [1.29, 1.82) is 0 Å². The van der Waals surface area contributed by atoms with Crippen LogP contribution in [0, 0.1) is 5.82 Å². The fraction of sp³-hybridized carbons (Fsp3) is 0.333. The van der Waals surface area contributed by atoms with E-state index in [1.54, 1.807) is 6.92 Å². The first kappa shape index (κ1) is 15.4. The molecule has 0 aliphatic carbocycles. The van der Waals surface area contributed by atoms with Gasteiger partial charge in [0.25, 0.3) is 0 Å². The van der Waals surface area contributed by atoms with Crippen molar-refractivity contribution in [2.75, 3.05) is 19.8 Å². The van der Waals surface area contributed by atoms with Crippen LogP contribution in [0.2, 0.25) is 5.02 Å². The van der Waals surface area contributed by atoms with E-state index in [1.165, 1.54) is 12.1 Å². The van der Waals surface area contributed by atoms with Gasteiger partial charge < -0.3 is 14.2 Å². The third kappa shape index (κ3) is 5.23. The van der Waals surface area contributed by atoms with Crippen LogP contribution in [-0.2, 0) is 19.1 Å². The summed E-state index contributed by atoms with van der Waals surface area (Å²) in [6.07, 6.45) is 0. The van der Waals surface area contributed by atoms with Gasteiger partial charge in [0.2, 0.25) is 0 Å². The summed E-state index contributed by atoms with van der Waals surface area (Å²) in [7, 11) is 0. The predicted molar refractivity (Wildman–Crippen MR) is 64.5 cm³/mol. The first-order chi connectivity index (χ1) is 9.04. The number of hydrogen-bond acceptors (Lipinski definition) is 5. The molecule has 19 heavy (non-hydrogen) atoms. The molecule has 0 amide bonds. The highest BCUT2D eigenvalue weighted by Gasteiger charge is 2.14. The molecule has 0 aromatic heterocycles. The van der Waals surface area contributed by atoms with Gasteiger partial charge in [-0.1, -0.05) is 17.7 Å². The summed E-state index contributed by atoms with van der Waals surface area (Å²) in [5.74, 6) is -2.59. The van der Waals surface area contributed by atoms with Crippen molar-refractivity contribution in [2.24, 2.45) is 0 Å². The molecule has 0 saturated heterocycles. The Morgan fingerprint density at radius 2 is 1.95 bits per heavy atom. The van der Waals surface area contributed by atoms with Crippen molar-refractivity contribution in [1.82, 2.24) is 0 Å². The van der Waals surface area contributed by atoms with E-state index in [4.69, 9.17) is 21.1 Å². The quantitative estimate of drug-likeness (QED) is 0.592. The second kappa shape index (κ2) is 7.70. The van der Waals surface area contributed by atoms with Gasteiger partial charge in [0.05, 0.1) is 11.6 Å². The maximum Gasteiger partial charge on any atom is 0.337 e. The smallest absolute Gasteiger partial charge is 0.337 e. The van der Waals surface area contributed by atoms with E-state index >= 15 is 0 Å². The molecule has 0 atom stereocenters. The molecule has 0 heterocycles. The van der Waals surface area contributed by atoms with Crippen LogP contribution in [0.25, 0.3) is 0 Å². The number of carbonyl (C=O) groups is 2. The Balaban J connectivity index is 2.41. The van der Waals surface area contributed by atoms with Crippen molar-refractivity contribution in [3.8, 4) is 5.75 Å². The monoisotopic (exact) mass is 290 g/mol. The molecule has 0 aliphatic rings. The van der Waals surface area contributed by atoms with Gasteiger partial charge in [-0.3, -0.25) is 0 Å². The van der Waals surface area contributed by atoms with Crippen molar-refractivity contribution < 1.29 is 28.2 Å². The van der Waals surface area contributed by atoms with Crippen LogP contribution in [0.4, 0.5) is 4.39 Å². The molecule has 1 aromatic carbocycles.